The summed E-state index contributed by atoms with van der Waals surface area (Å²) in [5.74, 6) is -2.25. The highest BCUT2D eigenvalue weighted by Crippen LogP contribution is 2.14. The fourth-order valence-corrected chi connectivity index (χ4v) is 1.88. The molecule has 0 unspecified atom stereocenters. The Morgan fingerprint density at radius 1 is 1.05 bits per heavy atom. The molecule has 104 valence electrons. The minimum Gasteiger partial charge on any atom is -0.326 e. The van der Waals surface area contributed by atoms with E-state index in [4.69, 9.17) is 5.73 Å². The summed E-state index contributed by atoms with van der Waals surface area (Å²) in [5, 5.41) is 2.52. The number of anilines is 1. The monoisotopic (exact) mass is 276 g/mol. The van der Waals surface area contributed by atoms with Crippen molar-refractivity contribution >= 4 is 11.6 Å². The molecule has 2 rings (SSSR count). The van der Waals surface area contributed by atoms with Crippen LogP contribution in [0, 0.1) is 11.6 Å². The van der Waals surface area contributed by atoms with Gasteiger partial charge in [0.05, 0.1) is 6.42 Å². The normalized spacial score (nSPS) is 10.3. The Labute approximate surface area is 115 Å². The first-order valence-corrected chi connectivity index (χ1v) is 6.12. The number of hydrogen-bond donors (Lipinski definition) is 2. The first-order valence-electron chi connectivity index (χ1n) is 6.12. The topological polar surface area (TPSA) is 55.1 Å². The Balaban J connectivity index is 2.07. The maximum Gasteiger partial charge on any atom is 0.228 e. The van der Waals surface area contributed by atoms with E-state index in [2.05, 4.69) is 5.32 Å². The van der Waals surface area contributed by atoms with Crippen molar-refractivity contribution in [2.24, 2.45) is 5.73 Å². The van der Waals surface area contributed by atoms with E-state index in [1.165, 1.54) is 6.07 Å². The maximum atomic E-state index is 13.0. The third-order valence-corrected chi connectivity index (χ3v) is 2.89. The Kier molecular flexibility index (Phi) is 4.42. The molecule has 0 atom stereocenters. The van der Waals surface area contributed by atoms with Crippen LogP contribution in [-0.4, -0.2) is 5.91 Å². The molecule has 2 aromatic rings. The molecule has 3 nitrogen and oxygen atoms in total. The van der Waals surface area contributed by atoms with Crippen molar-refractivity contribution in [1.29, 1.82) is 0 Å². The summed E-state index contributed by atoms with van der Waals surface area (Å²) >= 11 is 0. The number of hydrogen-bond acceptors (Lipinski definition) is 2. The first kappa shape index (κ1) is 14.1. The summed E-state index contributed by atoms with van der Waals surface area (Å²) in [6, 6.07) is 10.6. The Bertz CT molecular complexity index is 629. The summed E-state index contributed by atoms with van der Waals surface area (Å²) in [7, 11) is 0. The van der Waals surface area contributed by atoms with Crippen LogP contribution in [0.5, 0.6) is 0 Å². The maximum absolute atomic E-state index is 13.0. The molecule has 2 aromatic carbocycles. The lowest BCUT2D eigenvalue weighted by molar-refractivity contribution is -0.115. The van der Waals surface area contributed by atoms with E-state index in [0.29, 0.717) is 6.54 Å². The first-order chi connectivity index (χ1) is 9.60. The molecule has 3 N–H and O–H groups in total. The number of nitrogens with two attached hydrogens (primary N) is 1. The van der Waals surface area contributed by atoms with Crippen LogP contribution in [0.3, 0.4) is 0 Å². The number of carbonyl (C=O) groups is 1. The van der Waals surface area contributed by atoms with Crippen molar-refractivity contribution in [1.82, 2.24) is 0 Å². The number of amides is 1. The average molecular weight is 276 g/mol. The fraction of sp³-hybridized carbons (Fsp3) is 0.133. The van der Waals surface area contributed by atoms with E-state index in [1.54, 1.807) is 0 Å². The van der Waals surface area contributed by atoms with Crippen LogP contribution in [0.25, 0.3) is 0 Å². The molecule has 5 heteroatoms. The number of rotatable bonds is 4. The molecule has 0 aromatic heterocycles. The van der Waals surface area contributed by atoms with Crippen molar-refractivity contribution in [3.05, 3.63) is 65.2 Å². The van der Waals surface area contributed by atoms with Crippen molar-refractivity contribution in [2.45, 2.75) is 13.0 Å². The minimum atomic E-state index is -0.995. The van der Waals surface area contributed by atoms with Gasteiger partial charge in [-0.1, -0.05) is 24.3 Å². The highest BCUT2D eigenvalue weighted by atomic mass is 19.2. The zero-order valence-electron chi connectivity index (χ0n) is 10.7. The zero-order valence-corrected chi connectivity index (χ0v) is 10.7. The average Bonchev–Trinajstić information content (AvgIpc) is 2.43. The third kappa shape index (κ3) is 3.39. The molecule has 0 aliphatic carbocycles. The fourth-order valence-electron chi connectivity index (χ4n) is 1.88. The molecule has 1 amide bonds. The highest BCUT2D eigenvalue weighted by Gasteiger charge is 2.09. The van der Waals surface area contributed by atoms with E-state index in [9.17, 15) is 13.6 Å². The second-order valence-corrected chi connectivity index (χ2v) is 4.33. The molecular weight excluding hydrogens is 262 g/mol. The molecule has 20 heavy (non-hydrogen) atoms. The summed E-state index contributed by atoms with van der Waals surface area (Å²) in [6.07, 6.45) is 0.131. The summed E-state index contributed by atoms with van der Waals surface area (Å²) in [4.78, 5) is 11.9. The number of halogens is 2. The van der Waals surface area contributed by atoms with Gasteiger partial charge in [-0.05, 0) is 23.3 Å². The van der Waals surface area contributed by atoms with Gasteiger partial charge in [0.2, 0.25) is 5.91 Å². The number of nitrogens with one attached hydrogen (secondary N) is 1. The van der Waals surface area contributed by atoms with Gasteiger partial charge < -0.3 is 11.1 Å². The van der Waals surface area contributed by atoms with E-state index in [-0.39, 0.29) is 18.0 Å². The molecule has 0 aliphatic heterocycles. The predicted octanol–water partition coefficient (Wildman–Crippen LogP) is 2.60. The van der Waals surface area contributed by atoms with E-state index < -0.39 is 11.6 Å². The van der Waals surface area contributed by atoms with Gasteiger partial charge in [-0.3, -0.25) is 4.79 Å². The summed E-state index contributed by atoms with van der Waals surface area (Å²) in [6.45, 7) is 0.342. The van der Waals surface area contributed by atoms with Crippen LogP contribution in [0.1, 0.15) is 11.1 Å². The minimum absolute atomic E-state index is 0.131. The highest BCUT2D eigenvalue weighted by molar-refractivity contribution is 5.92. The van der Waals surface area contributed by atoms with Gasteiger partial charge in [-0.25, -0.2) is 8.78 Å². The lowest BCUT2D eigenvalue weighted by atomic mass is 10.0. The Morgan fingerprint density at radius 2 is 1.75 bits per heavy atom. The number of benzene rings is 2. The van der Waals surface area contributed by atoms with E-state index in [0.717, 1.165) is 23.3 Å². The lowest BCUT2D eigenvalue weighted by Gasteiger charge is -2.08. The molecule has 0 aliphatic rings. The van der Waals surface area contributed by atoms with Crippen molar-refractivity contribution in [3.8, 4) is 0 Å². The van der Waals surface area contributed by atoms with Gasteiger partial charge in [0, 0.05) is 18.3 Å². The lowest BCUT2D eigenvalue weighted by Crippen LogP contribution is -2.16. The van der Waals surface area contributed by atoms with Crippen molar-refractivity contribution in [2.75, 3.05) is 5.32 Å². The van der Waals surface area contributed by atoms with Crippen molar-refractivity contribution in [3.63, 3.8) is 0 Å². The van der Waals surface area contributed by atoms with Gasteiger partial charge >= 0.3 is 0 Å². The molecule has 0 heterocycles. The summed E-state index contributed by atoms with van der Waals surface area (Å²) < 4.78 is 25.8. The Morgan fingerprint density at radius 3 is 2.40 bits per heavy atom. The molecule has 0 radical (unpaired) electrons. The molecule has 0 saturated heterocycles. The van der Waals surface area contributed by atoms with Gasteiger partial charge in [0.25, 0.3) is 0 Å². The van der Waals surface area contributed by atoms with Crippen LogP contribution in [0.4, 0.5) is 14.5 Å². The second kappa shape index (κ2) is 6.25. The van der Waals surface area contributed by atoms with Crippen LogP contribution in [0.2, 0.25) is 0 Å². The quantitative estimate of drug-likeness (QED) is 0.902. The van der Waals surface area contributed by atoms with Crippen LogP contribution in [-0.2, 0) is 17.8 Å². The zero-order chi connectivity index (χ0) is 14.5. The standard InChI is InChI=1S/C15H14F2N2O/c16-13-6-5-12(8-14(13)17)19-15(20)7-10-3-1-2-4-11(10)9-18/h1-6,8H,7,9,18H2,(H,19,20). The van der Waals surface area contributed by atoms with Gasteiger partial charge in [0.1, 0.15) is 0 Å². The van der Waals surface area contributed by atoms with E-state index >= 15 is 0 Å². The molecular formula is C15H14F2N2O. The molecule has 0 fully saturated rings. The van der Waals surface area contributed by atoms with Crippen LogP contribution < -0.4 is 11.1 Å². The smallest absolute Gasteiger partial charge is 0.228 e. The number of carbonyl (C=O) groups excluding carboxylic acids is 1. The van der Waals surface area contributed by atoms with Gasteiger partial charge in [-0.15, -0.1) is 0 Å². The van der Waals surface area contributed by atoms with E-state index in [1.807, 2.05) is 24.3 Å². The predicted molar refractivity (Wildman–Crippen MR) is 73.0 cm³/mol. The van der Waals surface area contributed by atoms with Gasteiger partial charge in [-0.2, -0.15) is 0 Å². The van der Waals surface area contributed by atoms with Crippen LogP contribution in [0.15, 0.2) is 42.5 Å². The second-order valence-electron chi connectivity index (χ2n) is 4.33. The van der Waals surface area contributed by atoms with Gasteiger partial charge in [0.15, 0.2) is 11.6 Å². The largest absolute Gasteiger partial charge is 0.326 e. The molecule has 0 bridgehead atoms. The summed E-state index contributed by atoms with van der Waals surface area (Å²) in [5.41, 5.74) is 7.51. The molecule has 0 spiro atoms. The third-order valence-electron chi connectivity index (χ3n) is 2.89. The Hall–Kier alpha value is -2.27. The SMILES string of the molecule is NCc1ccccc1CC(=O)Nc1ccc(F)c(F)c1. The van der Waals surface area contributed by atoms with Crippen LogP contribution >= 0.6 is 0 Å². The van der Waals surface area contributed by atoms with Crippen molar-refractivity contribution < 1.29 is 13.6 Å². The molecule has 0 saturated carbocycles.